The second-order valence-corrected chi connectivity index (χ2v) is 6.33. The summed E-state index contributed by atoms with van der Waals surface area (Å²) in [5, 5.41) is 0.763. The molecule has 0 spiro atoms. The van der Waals surface area contributed by atoms with Gasteiger partial charge in [-0.05, 0) is 27.9 Å². The van der Waals surface area contributed by atoms with E-state index in [-0.39, 0.29) is 0 Å². The van der Waals surface area contributed by atoms with E-state index in [0.29, 0.717) is 17.6 Å². The molecule has 0 aromatic carbocycles. The number of hydrogen-bond donors (Lipinski definition) is 1. The van der Waals surface area contributed by atoms with Gasteiger partial charge >= 0.3 is 0 Å². The normalized spacial score (nSPS) is 17.9. The molecule has 1 fully saturated rings. The number of fused-ring (bicyclic) bond motifs is 1. The Kier molecular flexibility index (Phi) is 3.50. The summed E-state index contributed by atoms with van der Waals surface area (Å²) in [7, 11) is 1.91. The van der Waals surface area contributed by atoms with Gasteiger partial charge in [-0.25, -0.2) is 19.9 Å². The van der Waals surface area contributed by atoms with E-state index in [1.165, 1.54) is 6.33 Å². The number of ether oxygens (including phenoxy) is 1. The zero-order valence-corrected chi connectivity index (χ0v) is 14.1. The predicted octanol–water partition coefficient (Wildman–Crippen LogP) is 2.27. The molecule has 4 heterocycles. The molecule has 3 aromatic heterocycles. The zero-order valence-electron chi connectivity index (χ0n) is 12.5. The van der Waals surface area contributed by atoms with E-state index in [9.17, 15) is 0 Å². The van der Waals surface area contributed by atoms with E-state index in [2.05, 4.69) is 35.9 Å². The van der Waals surface area contributed by atoms with Crippen LogP contribution in [0.2, 0.25) is 0 Å². The monoisotopic (exact) mass is 374 g/mol. The van der Waals surface area contributed by atoms with Crippen molar-refractivity contribution in [2.45, 2.75) is 12.3 Å². The molecule has 8 heteroatoms. The van der Waals surface area contributed by atoms with Crippen LogP contribution < -0.4 is 5.73 Å². The van der Waals surface area contributed by atoms with Crippen LogP contribution in [0.4, 0.5) is 5.82 Å². The second-order valence-electron chi connectivity index (χ2n) is 5.58. The Morgan fingerprint density at radius 3 is 2.74 bits per heavy atom. The maximum absolute atomic E-state index is 6.05. The molecule has 1 atom stereocenters. The third-order valence-corrected chi connectivity index (χ3v) is 5.15. The fraction of sp³-hybridized carbons (Fsp3) is 0.333. The van der Waals surface area contributed by atoms with Gasteiger partial charge < -0.3 is 15.0 Å². The molecule has 1 unspecified atom stereocenters. The smallest absolute Gasteiger partial charge is 0.162 e. The van der Waals surface area contributed by atoms with Gasteiger partial charge in [0.05, 0.1) is 22.2 Å². The first-order valence-electron chi connectivity index (χ1n) is 7.31. The van der Waals surface area contributed by atoms with Gasteiger partial charge in [-0.3, -0.25) is 0 Å². The first-order chi connectivity index (χ1) is 11.2. The molecule has 7 nitrogen and oxygen atoms in total. The average Bonchev–Trinajstić information content (AvgIpc) is 3.18. The molecule has 4 rings (SSSR count). The standard InChI is InChI=1S/C15H15BrN6O/c1-22-12(16)10(11-13(17)20-7-21-15(11)22)14-18-4-9(5-19-14)8-2-3-23-6-8/h4-5,7-8H,2-3,6H2,1H3,(H2,17,20,21). The Labute approximate surface area is 141 Å². The highest BCUT2D eigenvalue weighted by Gasteiger charge is 2.22. The first kappa shape index (κ1) is 14.5. The highest BCUT2D eigenvalue weighted by molar-refractivity contribution is 9.10. The van der Waals surface area contributed by atoms with Crippen LogP contribution >= 0.6 is 15.9 Å². The summed E-state index contributed by atoms with van der Waals surface area (Å²) in [6, 6.07) is 0. The number of nitrogens with two attached hydrogens (primary N) is 1. The van der Waals surface area contributed by atoms with E-state index < -0.39 is 0 Å². The number of aromatic nitrogens is 5. The quantitative estimate of drug-likeness (QED) is 0.739. The van der Waals surface area contributed by atoms with E-state index in [0.717, 1.165) is 46.4 Å². The predicted molar refractivity (Wildman–Crippen MR) is 89.8 cm³/mol. The summed E-state index contributed by atoms with van der Waals surface area (Å²) in [5.74, 6) is 1.41. The molecule has 0 bridgehead atoms. The van der Waals surface area contributed by atoms with Gasteiger partial charge in [0.1, 0.15) is 17.8 Å². The summed E-state index contributed by atoms with van der Waals surface area (Å²) in [5.41, 5.74) is 8.71. The summed E-state index contributed by atoms with van der Waals surface area (Å²) < 4.78 is 8.16. The van der Waals surface area contributed by atoms with Gasteiger partial charge in [0.25, 0.3) is 0 Å². The van der Waals surface area contributed by atoms with Crippen LogP contribution in [0.1, 0.15) is 17.9 Å². The molecule has 0 amide bonds. The molecule has 0 aliphatic carbocycles. The fourth-order valence-electron chi connectivity index (χ4n) is 2.93. The number of anilines is 1. The Balaban J connectivity index is 1.84. The maximum Gasteiger partial charge on any atom is 0.162 e. The third-order valence-electron chi connectivity index (χ3n) is 4.22. The van der Waals surface area contributed by atoms with Crippen molar-refractivity contribution in [3.05, 3.63) is 28.9 Å². The lowest BCUT2D eigenvalue weighted by molar-refractivity contribution is 0.194. The van der Waals surface area contributed by atoms with Gasteiger partial charge in [0.15, 0.2) is 5.82 Å². The molecule has 1 saturated heterocycles. The molecule has 23 heavy (non-hydrogen) atoms. The molecular formula is C15H15BrN6O. The van der Waals surface area contributed by atoms with E-state index >= 15 is 0 Å². The number of rotatable bonds is 2. The molecule has 1 aliphatic heterocycles. The minimum atomic E-state index is 0.383. The first-order valence-corrected chi connectivity index (χ1v) is 8.10. The molecular weight excluding hydrogens is 360 g/mol. The molecule has 118 valence electrons. The highest BCUT2D eigenvalue weighted by atomic mass is 79.9. The number of nitrogens with zero attached hydrogens (tertiary/aromatic N) is 5. The van der Waals surface area contributed by atoms with Crippen molar-refractivity contribution < 1.29 is 4.74 Å². The molecule has 0 radical (unpaired) electrons. The number of hydrogen-bond acceptors (Lipinski definition) is 6. The number of aryl methyl sites for hydroxylation is 1. The minimum Gasteiger partial charge on any atom is -0.383 e. The van der Waals surface area contributed by atoms with Crippen molar-refractivity contribution in [3.63, 3.8) is 0 Å². The van der Waals surface area contributed by atoms with Gasteiger partial charge in [0, 0.05) is 32.0 Å². The third kappa shape index (κ3) is 2.29. The maximum atomic E-state index is 6.05. The van der Waals surface area contributed by atoms with Gasteiger partial charge in [-0.15, -0.1) is 0 Å². The van der Waals surface area contributed by atoms with Crippen molar-refractivity contribution in [1.29, 1.82) is 0 Å². The van der Waals surface area contributed by atoms with Crippen molar-refractivity contribution in [1.82, 2.24) is 24.5 Å². The lowest BCUT2D eigenvalue weighted by atomic mass is 10.0. The van der Waals surface area contributed by atoms with E-state index in [1.807, 2.05) is 24.0 Å². The Hall–Kier alpha value is -2.06. The Morgan fingerprint density at radius 1 is 1.26 bits per heavy atom. The van der Waals surface area contributed by atoms with Gasteiger partial charge in [0.2, 0.25) is 0 Å². The molecule has 1 aliphatic rings. The molecule has 0 saturated carbocycles. The largest absolute Gasteiger partial charge is 0.383 e. The number of halogens is 1. The van der Waals surface area contributed by atoms with Gasteiger partial charge in [-0.2, -0.15) is 0 Å². The van der Waals surface area contributed by atoms with Crippen molar-refractivity contribution >= 4 is 32.8 Å². The number of nitrogen functional groups attached to an aromatic ring is 1. The van der Waals surface area contributed by atoms with Crippen LogP contribution in [0.25, 0.3) is 22.4 Å². The van der Waals surface area contributed by atoms with Crippen LogP contribution in [0.15, 0.2) is 23.3 Å². The summed E-state index contributed by atoms with van der Waals surface area (Å²) in [6.45, 7) is 1.54. The van der Waals surface area contributed by atoms with E-state index in [4.69, 9.17) is 10.5 Å². The minimum absolute atomic E-state index is 0.383. The SMILES string of the molecule is Cn1c(Br)c(-c2ncc(C3CCOC3)cn2)c2c(N)ncnc21. The van der Waals surface area contributed by atoms with Crippen molar-refractivity contribution in [3.8, 4) is 11.4 Å². The topological polar surface area (TPSA) is 91.7 Å². The summed E-state index contributed by atoms with van der Waals surface area (Å²) in [4.78, 5) is 17.5. The summed E-state index contributed by atoms with van der Waals surface area (Å²) >= 11 is 3.59. The molecule has 2 N–H and O–H groups in total. The summed E-state index contributed by atoms with van der Waals surface area (Å²) in [6.07, 6.45) is 6.21. The van der Waals surface area contributed by atoms with Crippen LogP contribution in [-0.2, 0) is 11.8 Å². The highest BCUT2D eigenvalue weighted by Crippen LogP contribution is 2.37. The second kappa shape index (κ2) is 5.54. The van der Waals surface area contributed by atoms with E-state index in [1.54, 1.807) is 0 Å². The van der Waals surface area contributed by atoms with Crippen LogP contribution in [0.5, 0.6) is 0 Å². The Morgan fingerprint density at radius 2 is 2.04 bits per heavy atom. The van der Waals surface area contributed by atoms with Crippen molar-refractivity contribution in [2.24, 2.45) is 7.05 Å². The van der Waals surface area contributed by atoms with Crippen LogP contribution in [0.3, 0.4) is 0 Å². The van der Waals surface area contributed by atoms with Crippen LogP contribution in [0, 0.1) is 0 Å². The van der Waals surface area contributed by atoms with Crippen molar-refractivity contribution in [2.75, 3.05) is 18.9 Å². The van der Waals surface area contributed by atoms with Gasteiger partial charge in [-0.1, -0.05) is 0 Å². The average molecular weight is 375 g/mol. The lowest BCUT2D eigenvalue weighted by Gasteiger charge is -2.07. The van der Waals surface area contributed by atoms with Crippen LogP contribution in [-0.4, -0.2) is 37.7 Å². The lowest BCUT2D eigenvalue weighted by Crippen LogP contribution is -2.00. The zero-order chi connectivity index (χ0) is 16.0. The molecule has 3 aromatic rings. The fourth-order valence-corrected chi connectivity index (χ4v) is 3.47. The Bertz CT molecular complexity index is 870.